The highest BCUT2D eigenvalue weighted by molar-refractivity contribution is 5.70. The molecule has 23 heavy (non-hydrogen) atoms. The number of aromatic nitrogens is 3. The van der Waals surface area contributed by atoms with Crippen molar-refractivity contribution in [2.24, 2.45) is 0 Å². The summed E-state index contributed by atoms with van der Waals surface area (Å²) in [5, 5.41) is 17.9. The Morgan fingerprint density at radius 2 is 1.83 bits per heavy atom. The number of hydrogen-bond acceptors (Lipinski definition) is 3. The van der Waals surface area contributed by atoms with Gasteiger partial charge in [-0.25, -0.2) is 4.68 Å². The third-order valence-electron chi connectivity index (χ3n) is 3.74. The van der Waals surface area contributed by atoms with Crippen LogP contribution in [0.1, 0.15) is 28.1 Å². The van der Waals surface area contributed by atoms with Gasteiger partial charge >= 0.3 is 0 Å². The lowest BCUT2D eigenvalue weighted by molar-refractivity contribution is 0.276. The van der Waals surface area contributed by atoms with Gasteiger partial charge in [0, 0.05) is 0 Å². The largest absolute Gasteiger partial charge is 0.390 e. The summed E-state index contributed by atoms with van der Waals surface area (Å²) >= 11 is 0. The van der Waals surface area contributed by atoms with Gasteiger partial charge in [0.05, 0.1) is 18.0 Å². The number of rotatable bonds is 4. The Morgan fingerprint density at radius 3 is 2.52 bits per heavy atom. The summed E-state index contributed by atoms with van der Waals surface area (Å²) in [4.78, 5) is 0. The SMILES string of the molecule is Cc1ccc(-n2nnc(CO)c2/C=C/c2ccccc2)c(C)c1. The van der Waals surface area contributed by atoms with Gasteiger partial charge < -0.3 is 5.11 Å². The van der Waals surface area contributed by atoms with Gasteiger partial charge in [0.1, 0.15) is 5.69 Å². The Balaban J connectivity index is 2.06. The highest BCUT2D eigenvalue weighted by Crippen LogP contribution is 2.20. The number of nitrogens with zero attached hydrogens (tertiary/aromatic N) is 3. The molecule has 4 nitrogen and oxygen atoms in total. The van der Waals surface area contributed by atoms with Gasteiger partial charge in [0.25, 0.3) is 0 Å². The summed E-state index contributed by atoms with van der Waals surface area (Å²) in [5.74, 6) is 0. The van der Waals surface area contributed by atoms with E-state index in [0.717, 1.165) is 22.5 Å². The molecule has 0 radical (unpaired) electrons. The minimum absolute atomic E-state index is 0.140. The standard InChI is InChI=1S/C19H19N3O/c1-14-8-10-18(15(2)12-14)22-19(17(13-23)20-21-22)11-9-16-6-4-3-5-7-16/h3-12,23H,13H2,1-2H3/b11-9+. The van der Waals surface area contributed by atoms with Crippen molar-refractivity contribution in [2.45, 2.75) is 20.5 Å². The van der Waals surface area contributed by atoms with Gasteiger partial charge in [-0.2, -0.15) is 0 Å². The molecule has 0 amide bonds. The number of aliphatic hydroxyl groups excluding tert-OH is 1. The van der Waals surface area contributed by atoms with Crippen LogP contribution >= 0.6 is 0 Å². The molecular formula is C19H19N3O. The first-order valence-electron chi connectivity index (χ1n) is 7.55. The molecular weight excluding hydrogens is 286 g/mol. The van der Waals surface area contributed by atoms with Gasteiger partial charge in [-0.1, -0.05) is 59.3 Å². The third-order valence-corrected chi connectivity index (χ3v) is 3.74. The first kappa shape index (κ1) is 15.2. The van der Waals surface area contributed by atoms with Crippen LogP contribution in [0, 0.1) is 13.8 Å². The van der Waals surface area contributed by atoms with Crippen molar-refractivity contribution in [2.75, 3.05) is 0 Å². The van der Waals surface area contributed by atoms with E-state index in [0.29, 0.717) is 5.69 Å². The Hall–Kier alpha value is -2.72. The van der Waals surface area contributed by atoms with Gasteiger partial charge in [0.2, 0.25) is 0 Å². The smallest absolute Gasteiger partial charge is 0.116 e. The van der Waals surface area contributed by atoms with E-state index in [1.165, 1.54) is 5.56 Å². The normalized spacial score (nSPS) is 11.3. The summed E-state index contributed by atoms with van der Waals surface area (Å²) < 4.78 is 1.78. The molecule has 1 aromatic heterocycles. The van der Waals surface area contributed by atoms with E-state index in [1.807, 2.05) is 61.5 Å². The van der Waals surface area contributed by atoms with E-state index < -0.39 is 0 Å². The first-order chi connectivity index (χ1) is 11.2. The van der Waals surface area contributed by atoms with Crippen LogP contribution in [0.4, 0.5) is 0 Å². The maximum absolute atomic E-state index is 9.54. The van der Waals surface area contributed by atoms with E-state index >= 15 is 0 Å². The number of benzene rings is 2. The zero-order valence-corrected chi connectivity index (χ0v) is 13.3. The first-order valence-corrected chi connectivity index (χ1v) is 7.55. The van der Waals surface area contributed by atoms with Gasteiger partial charge in [-0.05, 0) is 37.1 Å². The lowest BCUT2D eigenvalue weighted by atomic mass is 10.1. The van der Waals surface area contributed by atoms with Crippen LogP contribution in [0.3, 0.4) is 0 Å². The fourth-order valence-electron chi connectivity index (χ4n) is 2.56. The van der Waals surface area contributed by atoms with Crippen LogP contribution in [0.25, 0.3) is 17.8 Å². The third kappa shape index (κ3) is 3.22. The van der Waals surface area contributed by atoms with Crippen LogP contribution in [0.2, 0.25) is 0 Å². The maximum Gasteiger partial charge on any atom is 0.116 e. The van der Waals surface area contributed by atoms with Crippen LogP contribution in [0.5, 0.6) is 0 Å². The maximum atomic E-state index is 9.54. The summed E-state index contributed by atoms with van der Waals surface area (Å²) in [6, 6.07) is 16.2. The molecule has 2 aromatic carbocycles. The number of aryl methyl sites for hydroxylation is 2. The quantitative estimate of drug-likeness (QED) is 0.802. The second-order valence-corrected chi connectivity index (χ2v) is 5.53. The summed E-state index contributed by atoms with van der Waals surface area (Å²) in [6.45, 7) is 3.97. The molecule has 0 saturated heterocycles. The minimum atomic E-state index is -0.140. The van der Waals surface area contributed by atoms with Crippen molar-refractivity contribution < 1.29 is 5.11 Å². The lowest BCUT2D eigenvalue weighted by Gasteiger charge is -2.08. The number of hydrogen-bond donors (Lipinski definition) is 1. The molecule has 0 unspecified atom stereocenters. The minimum Gasteiger partial charge on any atom is -0.390 e. The lowest BCUT2D eigenvalue weighted by Crippen LogP contribution is -2.02. The molecule has 1 N–H and O–H groups in total. The predicted octanol–water partition coefficient (Wildman–Crippen LogP) is 3.55. The van der Waals surface area contributed by atoms with E-state index in [1.54, 1.807) is 4.68 Å². The van der Waals surface area contributed by atoms with Crippen LogP contribution in [0.15, 0.2) is 48.5 Å². The highest BCUT2D eigenvalue weighted by atomic mass is 16.3. The summed E-state index contributed by atoms with van der Waals surface area (Å²) in [6.07, 6.45) is 3.94. The second-order valence-electron chi connectivity index (χ2n) is 5.53. The number of aliphatic hydroxyl groups is 1. The average Bonchev–Trinajstić information content (AvgIpc) is 2.96. The Kier molecular flexibility index (Phi) is 4.35. The van der Waals surface area contributed by atoms with E-state index in [9.17, 15) is 5.11 Å². The van der Waals surface area contributed by atoms with Crippen LogP contribution < -0.4 is 0 Å². The van der Waals surface area contributed by atoms with Gasteiger partial charge in [-0.3, -0.25) is 0 Å². The van der Waals surface area contributed by atoms with Gasteiger partial charge in [0.15, 0.2) is 0 Å². The van der Waals surface area contributed by atoms with Crippen molar-refractivity contribution >= 4 is 12.2 Å². The van der Waals surface area contributed by atoms with E-state index in [2.05, 4.69) is 23.3 Å². The fourth-order valence-corrected chi connectivity index (χ4v) is 2.56. The average molecular weight is 305 g/mol. The topological polar surface area (TPSA) is 50.9 Å². The summed E-state index contributed by atoms with van der Waals surface area (Å²) in [7, 11) is 0. The predicted molar refractivity (Wildman–Crippen MR) is 92.1 cm³/mol. The molecule has 0 bridgehead atoms. The molecule has 0 fully saturated rings. The monoisotopic (exact) mass is 305 g/mol. The summed E-state index contributed by atoms with van der Waals surface area (Å²) in [5.41, 5.74) is 5.74. The van der Waals surface area contributed by atoms with Crippen molar-refractivity contribution in [1.82, 2.24) is 15.0 Å². The zero-order chi connectivity index (χ0) is 16.2. The Labute approximate surface area is 135 Å². The Morgan fingerprint density at radius 1 is 1.04 bits per heavy atom. The zero-order valence-electron chi connectivity index (χ0n) is 13.3. The second kappa shape index (κ2) is 6.58. The highest BCUT2D eigenvalue weighted by Gasteiger charge is 2.12. The molecule has 0 spiro atoms. The van der Waals surface area contributed by atoms with Crippen molar-refractivity contribution in [3.63, 3.8) is 0 Å². The van der Waals surface area contributed by atoms with E-state index in [-0.39, 0.29) is 6.61 Å². The van der Waals surface area contributed by atoms with Gasteiger partial charge in [-0.15, -0.1) is 5.10 Å². The van der Waals surface area contributed by atoms with Crippen molar-refractivity contribution in [3.8, 4) is 5.69 Å². The molecule has 0 aliphatic heterocycles. The van der Waals surface area contributed by atoms with Crippen molar-refractivity contribution in [1.29, 1.82) is 0 Å². The van der Waals surface area contributed by atoms with Crippen LogP contribution in [-0.2, 0) is 6.61 Å². The molecule has 116 valence electrons. The molecule has 0 aliphatic carbocycles. The molecule has 4 heteroatoms. The Bertz CT molecular complexity index is 835. The van der Waals surface area contributed by atoms with Crippen molar-refractivity contribution in [3.05, 3.63) is 76.6 Å². The molecule has 0 atom stereocenters. The molecule has 0 aliphatic rings. The molecule has 0 saturated carbocycles. The molecule has 3 rings (SSSR count). The fraction of sp³-hybridized carbons (Fsp3) is 0.158. The molecule has 1 heterocycles. The molecule has 3 aromatic rings. The van der Waals surface area contributed by atoms with E-state index in [4.69, 9.17) is 0 Å². The van der Waals surface area contributed by atoms with Crippen LogP contribution in [-0.4, -0.2) is 20.1 Å².